The van der Waals surface area contributed by atoms with Crippen molar-refractivity contribution >= 4 is 5.78 Å². The third-order valence-corrected chi connectivity index (χ3v) is 9.04. The molecule has 11 nitrogen and oxygen atoms in total. The zero-order valence-electron chi connectivity index (χ0n) is 23.7. The fourth-order valence-corrected chi connectivity index (χ4v) is 6.54. The summed E-state index contributed by atoms with van der Waals surface area (Å²) < 4.78 is 16.7. The molecule has 11 heteroatoms. The van der Waals surface area contributed by atoms with Crippen LogP contribution in [-0.4, -0.2) is 123 Å². The van der Waals surface area contributed by atoms with Gasteiger partial charge >= 0.3 is 0 Å². The van der Waals surface area contributed by atoms with Crippen LogP contribution >= 0.6 is 0 Å². The summed E-state index contributed by atoms with van der Waals surface area (Å²) in [5, 5.41) is 69.7. The van der Waals surface area contributed by atoms with Crippen LogP contribution in [0.1, 0.15) is 35.1 Å². The maximum Gasteiger partial charge on any atom is 0.196 e. The number of benzene rings is 2. The third-order valence-electron chi connectivity index (χ3n) is 9.04. The standard InChI is InChI=1S/C33H34O11/c34-15-25-29(38)31(40)27(36)23(43-25)7-3-17-1-5-19-20-6-2-18(4-8-24-28(37)32(41)30(39)26(16-35)44-24)14-22(20)33(21(19)13-17)9-11-42-12-10-33/h1-2,5-6,13-14,23-31,34-40H,9-12,15-16H2/t23-,24-,25-,26-,27-,28-,29-,30-,31-/m1/s1. The zero-order valence-corrected chi connectivity index (χ0v) is 23.7. The van der Waals surface area contributed by atoms with Crippen LogP contribution in [0.2, 0.25) is 0 Å². The van der Waals surface area contributed by atoms with Crippen LogP contribution in [0.15, 0.2) is 36.4 Å². The van der Waals surface area contributed by atoms with Gasteiger partial charge < -0.3 is 50.0 Å². The molecule has 0 radical (unpaired) electrons. The molecule has 1 spiro atoms. The fraction of sp³-hybridized carbons (Fsp3) is 0.485. The van der Waals surface area contributed by atoms with Crippen LogP contribution in [0, 0.1) is 23.7 Å². The molecule has 44 heavy (non-hydrogen) atoms. The Labute approximate surface area is 253 Å². The highest BCUT2D eigenvalue weighted by Crippen LogP contribution is 2.54. The van der Waals surface area contributed by atoms with Crippen molar-refractivity contribution in [2.45, 2.75) is 73.2 Å². The first-order valence-corrected chi connectivity index (χ1v) is 14.6. The second-order valence-corrected chi connectivity index (χ2v) is 11.6. The number of hydrogen-bond acceptors (Lipinski definition) is 11. The smallest absolute Gasteiger partial charge is 0.196 e. The average molecular weight is 607 g/mol. The Kier molecular flexibility index (Phi) is 8.63. The first-order chi connectivity index (χ1) is 21.2. The highest BCUT2D eigenvalue weighted by atomic mass is 16.5. The van der Waals surface area contributed by atoms with E-state index in [9.17, 15) is 40.5 Å². The molecule has 2 aromatic rings. The number of fused-ring (bicyclic) bond motifs is 5. The molecule has 3 fully saturated rings. The summed E-state index contributed by atoms with van der Waals surface area (Å²) in [6.45, 7) is -0.0282. The lowest BCUT2D eigenvalue weighted by Gasteiger charge is -2.37. The molecule has 6 rings (SSSR count). The van der Waals surface area contributed by atoms with E-state index in [4.69, 9.17) is 14.2 Å². The third kappa shape index (κ3) is 5.26. The first kappa shape index (κ1) is 30.8. The molecular weight excluding hydrogens is 572 g/mol. The predicted octanol–water partition coefficient (Wildman–Crippen LogP) is -1.64. The Morgan fingerprint density at radius 3 is 1.82 bits per heavy atom. The summed E-state index contributed by atoms with van der Waals surface area (Å²) in [7, 11) is 0. The lowest BCUT2D eigenvalue weighted by molar-refractivity contribution is -0.214. The molecule has 7 N–H and O–H groups in total. The van der Waals surface area contributed by atoms with Gasteiger partial charge in [-0.3, -0.25) is 4.79 Å². The van der Waals surface area contributed by atoms with Gasteiger partial charge in [-0.2, -0.15) is 0 Å². The molecule has 232 valence electrons. The maximum atomic E-state index is 12.2. The van der Waals surface area contributed by atoms with E-state index in [0.29, 0.717) is 37.2 Å². The number of ether oxygens (including phenoxy) is 3. The number of Topliss-reactive ketones (excluding diaryl/α,β-unsaturated/α-hetero) is 1. The molecule has 4 aliphatic rings. The zero-order chi connectivity index (χ0) is 31.2. The lowest BCUT2D eigenvalue weighted by Crippen LogP contribution is -2.58. The van der Waals surface area contributed by atoms with E-state index in [2.05, 4.69) is 23.7 Å². The van der Waals surface area contributed by atoms with Gasteiger partial charge in [0.05, 0.1) is 13.2 Å². The van der Waals surface area contributed by atoms with E-state index < -0.39 is 73.9 Å². The molecule has 3 aliphatic heterocycles. The van der Waals surface area contributed by atoms with E-state index >= 15 is 0 Å². The van der Waals surface area contributed by atoms with Gasteiger partial charge in [0.2, 0.25) is 0 Å². The Hall–Kier alpha value is -3.17. The SMILES string of the molecule is O=C1[C@H](O)[C@@H](C#Cc2ccc3c(c2)C2(CCOCC2)c2cc(C#C[C@H]4O[C@H](CO)[C@@H](O)[C@H](O)[C@@H]4O)ccc2-3)O[C@H](CO)[C@H]1O. The summed E-state index contributed by atoms with van der Waals surface area (Å²) >= 11 is 0. The summed E-state index contributed by atoms with van der Waals surface area (Å²) in [5.74, 6) is 10.8. The van der Waals surface area contributed by atoms with Gasteiger partial charge in [0.1, 0.15) is 42.7 Å². The van der Waals surface area contributed by atoms with Crippen LogP contribution in [-0.2, 0) is 24.4 Å². The van der Waals surface area contributed by atoms with E-state index in [1.165, 1.54) is 0 Å². The minimum Gasteiger partial charge on any atom is -0.394 e. The highest BCUT2D eigenvalue weighted by Gasteiger charge is 2.46. The molecule has 0 bridgehead atoms. The monoisotopic (exact) mass is 606 g/mol. The number of carbonyl (C=O) groups is 1. The van der Waals surface area contributed by atoms with E-state index in [1.54, 1.807) is 0 Å². The maximum absolute atomic E-state index is 12.2. The Morgan fingerprint density at radius 2 is 1.25 bits per heavy atom. The molecule has 0 amide bonds. The number of hydrogen-bond donors (Lipinski definition) is 7. The van der Waals surface area contributed by atoms with Crippen molar-refractivity contribution < 1.29 is 54.8 Å². The van der Waals surface area contributed by atoms with Crippen molar-refractivity contribution in [3.8, 4) is 34.8 Å². The number of rotatable bonds is 2. The summed E-state index contributed by atoms with van der Waals surface area (Å²) in [6.07, 6.45) is -10.7. The van der Waals surface area contributed by atoms with Crippen molar-refractivity contribution in [3.05, 3.63) is 58.7 Å². The van der Waals surface area contributed by atoms with E-state index in [1.807, 2.05) is 36.4 Å². The molecule has 1 aliphatic carbocycles. The van der Waals surface area contributed by atoms with Crippen molar-refractivity contribution in [2.24, 2.45) is 0 Å². The molecular formula is C33H34O11. The summed E-state index contributed by atoms with van der Waals surface area (Å²) in [4.78, 5) is 12.2. The van der Waals surface area contributed by atoms with Gasteiger partial charge in [-0.1, -0.05) is 35.8 Å². The van der Waals surface area contributed by atoms with Gasteiger partial charge in [0.25, 0.3) is 0 Å². The van der Waals surface area contributed by atoms with Gasteiger partial charge in [0.15, 0.2) is 18.0 Å². The van der Waals surface area contributed by atoms with Crippen LogP contribution < -0.4 is 0 Å². The largest absolute Gasteiger partial charge is 0.394 e. The normalized spacial score (nSPS) is 33.9. The van der Waals surface area contributed by atoms with E-state index in [0.717, 1.165) is 22.3 Å². The van der Waals surface area contributed by atoms with Crippen LogP contribution in [0.3, 0.4) is 0 Å². The Balaban J connectivity index is 1.31. The molecule has 3 heterocycles. The summed E-state index contributed by atoms with van der Waals surface area (Å²) in [6, 6.07) is 11.7. The van der Waals surface area contributed by atoms with Crippen LogP contribution in [0.4, 0.5) is 0 Å². The molecule has 0 unspecified atom stereocenters. The Morgan fingerprint density at radius 1 is 0.705 bits per heavy atom. The predicted molar refractivity (Wildman–Crippen MR) is 153 cm³/mol. The number of ketones is 1. The lowest BCUT2D eigenvalue weighted by atomic mass is 9.72. The second kappa shape index (κ2) is 12.3. The van der Waals surface area contributed by atoms with Crippen molar-refractivity contribution in [3.63, 3.8) is 0 Å². The number of aliphatic hydroxyl groups excluding tert-OH is 7. The van der Waals surface area contributed by atoms with Gasteiger partial charge in [-0.05, 0) is 59.4 Å². The highest BCUT2D eigenvalue weighted by molar-refractivity contribution is 5.89. The molecule has 3 saturated heterocycles. The minimum atomic E-state index is -1.64. The molecule has 0 saturated carbocycles. The van der Waals surface area contributed by atoms with Gasteiger partial charge in [-0.25, -0.2) is 0 Å². The van der Waals surface area contributed by atoms with Crippen molar-refractivity contribution in [2.75, 3.05) is 26.4 Å². The van der Waals surface area contributed by atoms with Gasteiger partial charge in [-0.15, -0.1) is 0 Å². The van der Waals surface area contributed by atoms with Crippen LogP contribution in [0.25, 0.3) is 11.1 Å². The second-order valence-electron chi connectivity index (χ2n) is 11.6. The topological polar surface area (TPSA) is 186 Å². The van der Waals surface area contributed by atoms with E-state index in [-0.39, 0.29) is 5.41 Å². The first-order valence-electron chi connectivity index (χ1n) is 14.6. The van der Waals surface area contributed by atoms with Crippen LogP contribution in [0.5, 0.6) is 0 Å². The van der Waals surface area contributed by atoms with Gasteiger partial charge in [0, 0.05) is 29.8 Å². The minimum absolute atomic E-state index is 0.385. The summed E-state index contributed by atoms with van der Waals surface area (Å²) in [5.41, 5.74) is 5.12. The van der Waals surface area contributed by atoms with Crippen molar-refractivity contribution in [1.82, 2.24) is 0 Å². The average Bonchev–Trinajstić information content (AvgIpc) is 3.29. The van der Waals surface area contributed by atoms with Crippen molar-refractivity contribution in [1.29, 1.82) is 0 Å². The number of carbonyl (C=O) groups excluding carboxylic acids is 1. The molecule has 0 aromatic heterocycles. The quantitative estimate of drug-likeness (QED) is 0.195. The number of aliphatic hydroxyl groups is 7. The molecule has 2 aromatic carbocycles. The molecule has 9 atom stereocenters. The fourth-order valence-electron chi connectivity index (χ4n) is 6.54. The Bertz CT molecular complexity index is 1540.